The Kier molecular flexibility index (Phi) is 23.4. The Balaban J connectivity index is 2.00. The fraction of sp³-hybridized carbons (Fsp3) is 0.967. The Bertz CT molecular complexity index is 501. The van der Waals surface area contributed by atoms with Crippen LogP contribution in [0.5, 0.6) is 0 Å². The molecule has 1 fully saturated rings. The van der Waals surface area contributed by atoms with Crippen LogP contribution in [-0.2, 0) is 9.47 Å². The summed E-state index contributed by atoms with van der Waals surface area (Å²) in [4.78, 5) is 17.1. The van der Waals surface area contributed by atoms with E-state index in [0.29, 0.717) is 6.61 Å². The van der Waals surface area contributed by atoms with Crippen LogP contribution in [0.4, 0.5) is 4.79 Å². The van der Waals surface area contributed by atoms with E-state index in [0.717, 1.165) is 104 Å². The summed E-state index contributed by atoms with van der Waals surface area (Å²) in [5.41, 5.74) is 0. The van der Waals surface area contributed by atoms with Crippen LogP contribution >= 0.6 is 0 Å². The fourth-order valence-electron chi connectivity index (χ4n) is 4.98. The molecule has 1 aliphatic heterocycles. The fourth-order valence-corrected chi connectivity index (χ4v) is 4.98. The van der Waals surface area contributed by atoms with Gasteiger partial charge in [0.25, 0.3) is 0 Å². The Morgan fingerprint density at radius 1 is 0.730 bits per heavy atom. The molecule has 1 heterocycles. The maximum Gasteiger partial charge on any atom is 0.508 e. The lowest BCUT2D eigenvalue weighted by Crippen LogP contribution is -2.48. The summed E-state index contributed by atoms with van der Waals surface area (Å²) in [6.07, 6.45) is 18.2. The van der Waals surface area contributed by atoms with Crippen molar-refractivity contribution >= 4 is 6.16 Å². The zero-order valence-electron chi connectivity index (χ0n) is 24.5. The molecule has 1 saturated heterocycles. The van der Waals surface area contributed by atoms with Crippen LogP contribution in [0.25, 0.3) is 0 Å². The molecule has 1 aliphatic rings. The van der Waals surface area contributed by atoms with E-state index in [-0.39, 0.29) is 12.7 Å². The molecular formula is C30H61N3O4. The number of unbranched alkanes of at least 4 members (excludes halogenated alkanes) is 11. The third-order valence-corrected chi connectivity index (χ3v) is 7.48. The van der Waals surface area contributed by atoms with E-state index < -0.39 is 6.16 Å². The molecule has 37 heavy (non-hydrogen) atoms. The van der Waals surface area contributed by atoms with Gasteiger partial charge in [0.2, 0.25) is 0 Å². The van der Waals surface area contributed by atoms with Crippen molar-refractivity contribution in [2.45, 2.75) is 123 Å². The molecule has 0 aromatic rings. The highest BCUT2D eigenvalue weighted by molar-refractivity contribution is 5.60. The van der Waals surface area contributed by atoms with Gasteiger partial charge in [0.05, 0.1) is 13.2 Å². The Hall–Kier alpha value is -0.890. The summed E-state index contributed by atoms with van der Waals surface area (Å²) in [5, 5.41) is 12.6. The second kappa shape index (κ2) is 25.4. The standard InChI is InChI=1S/C30H61N3O4/c1-3-5-7-9-10-14-18-29(17-13-8-6-4-2)37-30(35)36-28-16-12-11-15-19-31-20-21-32-22-24-33(25-23-32)26-27-34/h29,31,34H,3-28H2,1-2H3. The Morgan fingerprint density at radius 2 is 1.27 bits per heavy atom. The lowest BCUT2D eigenvalue weighted by molar-refractivity contribution is 0.0154. The van der Waals surface area contributed by atoms with Crippen LogP contribution < -0.4 is 5.32 Å². The van der Waals surface area contributed by atoms with Crippen molar-refractivity contribution in [1.29, 1.82) is 0 Å². The van der Waals surface area contributed by atoms with Crippen molar-refractivity contribution in [3.63, 3.8) is 0 Å². The smallest absolute Gasteiger partial charge is 0.434 e. The molecule has 0 bridgehead atoms. The summed E-state index contributed by atoms with van der Waals surface area (Å²) < 4.78 is 11.1. The van der Waals surface area contributed by atoms with Crippen molar-refractivity contribution in [1.82, 2.24) is 15.1 Å². The van der Waals surface area contributed by atoms with Crippen molar-refractivity contribution in [3.8, 4) is 0 Å². The van der Waals surface area contributed by atoms with Gasteiger partial charge in [-0.05, 0) is 45.1 Å². The van der Waals surface area contributed by atoms with Gasteiger partial charge < -0.3 is 19.9 Å². The molecule has 0 spiro atoms. The third-order valence-electron chi connectivity index (χ3n) is 7.48. The van der Waals surface area contributed by atoms with Gasteiger partial charge in [-0.3, -0.25) is 9.80 Å². The van der Waals surface area contributed by atoms with Crippen LogP contribution in [0.1, 0.15) is 117 Å². The molecular weight excluding hydrogens is 466 g/mol. The van der Waals surface area contributed by atoms with E-state index in [2.05, 4.69) is 29.0 Å². The van der Waals surface area contributed by atoms with Gasteiger partial charge in [-0.1, -0.05) is 78.1 Å². The van der Waals surface area contributed by atoms with E-state index in [1.165, 1.54) is 51.4 Å². The lowest BCUT2D eigenvalue weighted by atomic mass is 10.0. The number of aliphatic hydroxyl groups is 1. The van der Waals surface area contributed by atoms with Crippen molar-refractivity contribution in [2.75, 3.05) is 65.6 Å². The maximum absolute atomic E-state index is 12.2. The molecule has 0 radical (unpaired) electrons. The summed E-state index contributed by atoms with van der Waals surface area (Å²) in [5.74, 6) is 0. The Labute approximate surface area is 229 Å². The topological polar surface area (TPSA) is 74.3 Å². The molecule has 1 unspecified atom stereocenters. The number of β-amino-alcohol motifs (C(OH)–C–C–N with tert-alkyl or cyclic N) is 1. The number of hydrogen-bond acceptors (Lipinski definition) is 7. The number of piperazine rings is 1. The summed E-state index contributed by atoms with van der Waals surface area (Å²) in [6.45, 7) is 13.5. The average Bonchev–Trinajstić information content (AvgIpc) is 2.90. The third kappa shape index (κ3) is 20.7. The zero-order chi connectivity index (χ0) is 26.8. The number of hydrogen-bond donors (Lipinski definition) is 2. The zero-order valence-corrected chi connectivity index (χ0v) is 24.5. The highest BCUT2D eigenvalue weighted by Gasteiger charge is 2.16. The molecule has 0 saturated carbocycles. The van der Waals surface area contributed by atoms with E-state index >= 15 is 0 Å². The van der Waals surface area contributed by atoms with Gasteiger partial charge in [-0.2, -0.15) is 0 Å². The summed E-state index contributed by atoms with van der Waals surface area (Å²) in [7, 11) is 0. The highest BCUT2D eigenvalue weighted by atomic mass is 16.7. The van der Waals surface area contributed by atoms with Crippen molar-refractivity contribution in [2.24, 2.45) is 0 Å². The number of carbonyl (C=O) groups excluding carboxylic acids is 1. The predicted molar refractivity (Wildman–Crippen MR) is 154 cm³/mol. The van der Waals surface area contributed by atoms with Gasteiger partial charge in [0.15, 0.2) is 0 Å². The van der Waals surface area contributed by atoms with Crippen molar-refractivity contribution < 1.29 is 19.4 Å². The first-order valence-corrected chi connectivity index (χ1v) is 15.8. The first-order valence-electron chi connectivity index (χ1n) is 15.8. The molecule has 7 heteroatoms. The number of rotatable bonds is 25. The first kappa shape index (κ1) is 34.1. The second-order valence-corrected chi connectivity index (χ2v) is 10.8. The van der Waals surface area contributed by atoms with Crippen LogP contribution in [-0.4, -0.2) is 92.7 Å². The largest absolute Gasteiger partial charge is 0.508 e. The molecule has 0 amide bonds. The Morgan fingerprint density at radius 3 is 1.92 bits per heavy atom. The van der Waals surface area contributed by atoms with Crippen LogP contribution in [0.2, 0.25) is 0 Å². The minimum atomic E-state index is -0.467. The van der Waals surface area contributed by atoms with Crippen LogP contribution in [0, 0.1) is 0 Å². The number of nitrogens with zero attached hydrogens (tertiary/aromatic N) is 2. The molecule has 1 atom stereocenters. The van der Waals surface area contributed by atoms with E-state index in [4.69, 9.17) is 14.6 Å². The summed E-state index contributed by atoms with van der Waals surface area (Å²) >= 11 is 0. The van der Waals surface area contributed by atoms with Gasteiger partial charge in [0, 0.05) is 45.8 Å². The molecule has 220 valence electrons. The highest BCUT2D eigenvalue weighted by Crippen LogP contribution is 2.17. The molecule has 2 N–H and O–H groups in total. The van der Waals surface area contributed by atoms with E-state index in [1.807, 2.05) is 0 Å². The van der Waals surface area contributed by atoms with Gasteiger partial charge in [-0.15, -0.1) is 0 Å². The monoisotopic (exact) mass is 527 g/mol. The van der Waals surface area contributed by atoms with E-state index in [1.54, 1.807) is 0 Å². The maximum atomic E-state index is 12.2. The van der Waals surface area contributed by atoms with Gasteiger partial charge >= 0.3 is 6.16 Å². The SMILES string of the molecule is CCCCCCCCC(CCCCCC)OC(=O)OCCCCCCNCCN1CCN(CCO)CC1. The second-order valence-electron chi connectivity index (χ2n) is 10.8. The summed E-state index contributed by atoms with van der Waals surface area (Å²) in [6, 6.07) is 0. The minimum absolute atomic E-state index is 0.0195. The number of ether oxygens (including phenoxy) is 2. The van der Waals surface area contributed by atoms with Crippen LogP contribution in [0.3, 0.4) is 0 Å². The molecule has 0 aromatic carbocycles. The number of aliphatic hydroxyl groups excluding tert-OH is 1. The predicted octanol–water partition coefficient (Wildman–Crippen LogP) is 5.99. The quantitative estimate of drug-likeness (QED) is 0.112. The lowest BCUT2D eigenvalue weighted by Gasteiger charge is -2.34. The minimum Gasteiger partial charge on any atom is -0.434 e. The normalized spacial score (nSPS) is 15.6. The van der Waals surface area contributed by atoms with Gasteiger partial charge in [0.1, 0.15) is 6.10 Å². The van der Waals surface area contributed by atoms with Crippen LogP contribution in [0.15, 0.2) is 0 Å². The van der Waals surface area contributed by atoms with Crippen molar-refractivity contribution in [3.05, 3.63) is 0 Å². The average molecular weight is 528 g/mol. The molecule has 0 aromatic heterocycles. The first-order chi connectivity index (χ1) is 18.2. The molecule has 7 nitrogen and oxygen atoms in total. The number of carbonyl (C=O) groups is 1. The number of nitrogens with one attached hydrogen (secondary N) is 1. The van der Waals surface area contributed by atoms with E-state index in [9.17, 15) is 4.79 Å². The molecule has 0 aliphatic carbocycles. The van der Waals surface area contributed by atoms with Gasteiger partial charge in [-0.25, -0.2) is 4.79 Å². The molecule has 1 rings (SSSR count).